The first kappa shape index (κ1) is 15.7. The van der Waals surface area contributed by atoms with Crippen LogP contribution in [0.15, 0.2) is 60.7 Å². The van der Waals surface area contributed by atoms with Crippen molar-refractivity contribution in [1.29, 1.82) is 0 Å². The van der Waals surface area contributed by atoms with E-state index in [1.54, 1.807) is 0 Å². The first-order valence-corrected chi connectivity index (χ1v) is 7.77. The predicted octanol–water partition coefficient (Wildman–Crippen LogP) is 3.64. The Morgan fingerprint density at radius 2 is 1.52 bits per heavy atom. The first-order valence-electron chi connectivity index (χ1n) is 7.77. The Hall–Kier alpha value is -1.64. The van der Waals surface area contributed by atoms with Crippen LogP contribution in [0.5, 0.6) is 0 Å². The molecule has 0 aromatic heterocycles. The molecule has 0 saturated heterocycles. The van der Waals surface area contributed by atoms with E-state index in [0.29, 0.717) is 6.04 Å². The molecule has 0 radical (unpaired) electrons. The molecule has 2 N–H and O–H groups in total. The minimum Gasteiger partial charge on any atom is -0.323 e. The zero-order valence-electron chi connectivity index (χ0n) is 13.1. The minimum absolute atomic E-state index is 0.0666. The molecule has 0 aliphatic carbocycles. The van der Waals surface area contributed by atoms with Crippen LogP contribution in [0.25, 0.3) is 0 Å². The van der Waals surface area contributed by atoms with E-state index >= 15 is 0 Å². The normalized spacial score (nSPS) is 14.1. The minimum atomic E-state index is 0.0666. The van der Waals surface area contributed by atoms with Gasteiger partial charge in [0.05, 0.1) is 0 Å². The highest BCUT2D eigenvalue weighted by atomic mass is 15.1. The largest absolute Gasteiger partial charge is 0.323 e. The molecule has 2 atom stereocenters. The summed E-state index contributed by atoms with van der Waals surface area (Å²) in [4.78, 5) is 2.39. The van der Waals surface area contributed by atoms with Crippen LogP contribution >= 0.6 is 0 Å². The van der Waals surface area contributed by atoms with Crippen molar-refractivity contribution in [1.82, 2.24) is 4.90 Å². The average Bonchev–Trinajstić information content (AvgIpc) is 2.55. The molecule has 2 aromatic carbocycles. The van der Waals surface area contributed by atoms with Crippen LogP contribution in [0, 0.1) is 0 Å². The second kappa shape index (κ2) is 7.96. The highest BCUT2D eigenvalue weighted by molar-refractivity contribution is 5.20. The second-order valence-corrected chi connectivity index (χ2v) is 5.63. The Bertz CT molecular complexity index is 510. The summed E-state index contributed by atoms with van der Waals surface area (Å²) in [6.45, 7) is 3.25. The standard InChI is InChI=1S/C19H26N2/c1-3-18(19(20)17-12-8-5-9-13-17)21(2)15-14-16-10-6-4-7-11-16/h4-13,18-19H,3,14-15,20H2,1-2H3. The van der Waals surface area contributed by atoms with Crippen molar-refractivity contribution < 1.29 is 0 Å². The smallest absolute Gasteiger partial charge is 0.0452 e. The van der Waals surface area contributed by atoms with Crippen LogP contribution < -0.4 is 5.73 Å². The molecule has 2 rings (SSSR count). The molecule has 21 heavy (non-hydrogen) atoms. The number of benzene rings is 2. The lowest BCUT2D eigenvalue weighted by molar-refractivity contribution is 0.207. The van der Waals surface area contributed by atoms with E-state index in [4.69, 9.17) is 5.73 Å². The number of hydrogen-bond acceptors (Lipinski definition) is 2. The molecule has 0 aliphatic rings. The van der Waals surface area contributed by atoms with Crippen molar-refractivity contribution in [2.45, 2.75) is 31.8 Å². The fourth-order valence-electron chi connectivity index (χ4n) is 2.85. The third-order valence-corrected chi connectivity index (χ3v) is 4.18. The molecule has 2 nitrogen and oxygen atoms in total. The van der Waals surface area contributed by atoms with Gasteiger partial charge in [-0.1, -0.05) is 67.6 Å². The molecule has 2 aromatic rings. The molecule has 2 unspecified atom stereocenters. The fraction of sp³-hybridized carbons (Fsp3) is 0.368. The number of hydrogen-bond donors (Lipinski definition) is 1. The van der Waals surface area contributed by atoms with Crippen LogP contribution in [0.2, 0.25) is 0 Å². The number of rotatable bonds is 7. The summed E-state index contributed by atoms with van der Waals surface area (Å²) in [6, 6.07) is 21.5. The number of likely N-dealkylation sites (N-methyl/N-ethyl adjacent to an activating group) is 1. The van der Waals surface area contributed by atoms with Gasteiger partial charge < -0.3 is 10.6 Å². The van der Waals surface area contributed by atoms with Gasteiger partial charge in [0.25, 0.3) is 0 Å². The lowest BCUT2D eigenvalue weighted by Gasteiger charge is -2.32. The van der Waals surface area contributed by atoms with Gasteiger partial charge in [-0.15, -0.1) is 0 Å². The average molecular weight is 282 g/mol. The van der Waals surface area contributed by atoms with Crippen LogP contribution in [-0.2, 0) is 6.42 Å². The van der Waals surface area contributed by atoms with Crippen LogP contribution in [0.4, 0.5) is 0 Å². The van der Waals surface area contributed by atoms with Crippen molar-refractivity contribution >= 4 is 0 Å². The highest BCUT2D eigenvalue weighted by Crippen LogP contribution is 2.20. The molecule has 0 bridgehead atoms. The van der Waals surface area contributed by atoms with E-state index in [0.717, 1.165) is 19.4 Å². The second-order valence-electron chi connectivity index (χ2n) is 5.63. The summed E-state index contributed by atoms with van der Waals surface area (Å²) < 4.78 is 0. The molecule has 0 heterocycles. The van der Waals surface area contributed by atoms with E-state index in [1.807, 2.05) is 6.07 Å². The zero-order chi connectivity index (χ0) is 15.1. The van der Waals surface area contributed by atoms with E-state index < -0.39 is 0 Å². The molecule has 0 saturated carbocycles. The molecule has 0 spiro atoms. The molecular weight excluding hydrogens is 256 g/mol. The summed E-state index contributed by atoms with van der Waals surface area (Å²) in [5.41, 5.74) is 9.08. The third-order valence-electron chi connectivity index (χ3n) is 4.18. The summed E-state index contributed by atoms with van der Waals surface area (Å²) in [5.74, 6) is 0. The maximum atomic E-state index is 6.48. The van der Waals surface area contributed by atoms with Crippen LogP contribution in [0.3, 0.4) is 0 Å². The Morgan fingerprint density at radius 1 is 0.952 bits per heavy atom. The fourth-order valence-corrected chi connectivity index (χ4v) is 2.85. The topological polar surface area (TPSA) is 29.3 Å². The zero-order valence-corrected chi connectivity index (χ0v) is 13.1. The Labute approximate surface area is 128 Å². The van der Waals surface area contributed by atoms with Gasteiger partial charge in [-0.2, -0.15) is 0 Å². The number of nitrogens with zero attached hydrogens (tertiary/aromatic N) is 1. The van der Waals surface area contributed by atoms with Gasteiger partial charge in [-0.05, 0) is 31.0 Å². The monoisotopic (exact) mass is 282 g/mol. The predicted molar refractivity (Wildman–Crippen MR) is 90.2 cm³/mol. The van der Waals surface area contributed by atoms with Gasteiger partial charge in [-0.3, -0.25) is 0 Å². The van der Waals surface area contributed by atoms with Crippen molar-refractivity contribution in [3.63, 3.8) is 0 Å². The van der Waals surface area contributed by atoms with Gasteiger partial charge in [0.2, 0.25) is 0 Å². The Balaban J connectivity index is 1.96. The molecular formula is C19H26N2. The summed E-state index contributed by atoms with van der Waals surface area (Å²) in [6.07, 6.45) is 2.12. The van der Waals surface area contributed by atoms with Crippen LogP contribution in [-0.4, -0.2) is 24.5 Å². The van der Waals surface area contributed by atoms with Crippen molar-refractivity contribution in [3.05, 3.63) is 71.8 Å². The van der Waals surface area contributed by atoms with Gasteiger partial charge in [0, 0.05) is 18.6 Å². The van der Waals surface area contributed by atoms with Crippen LogP contribution in [0.1, 0.15) is 30.5 Å². The third kappa shape index (κ3) is 4.42. The van der Waals surface area contributed by atoms with Crippen molar-refractivity contribution in [2.75, 3.05) is 13.6 Å². The Kier molecular flexibility index (Phi) is 5.97. The van der Waals surface area contributed by atoms with Crippen molar-refractivity contribution in [2.24, 2.45) is 5.73 Å². The SMILES string of the molecule is CCC(C(N)c1ccccc1)N(C)CCc1ccccc1. The van der Waals surface area contributed by atoms with Gasteiger partial charge in [-0.25, -0.2) is 0 Å². The number of nitrogens with two attached hydrogens (primary N) is 1. The lowest BCUT2D eigenvalue weighted by atomic mass is 9.97. The molecule has 112 valence electrons. The first-order chi connectivity index (χ1) is 10.2. The molecule has 0 fully saturated rings. The van der Waals surface area contributed by atoms with E-state index in [2.05, 4.69) is 73.5 Å². The Morgan fingerprint density at radius 3 is 2.10 bits per heavy atom. The summed E-state index contributed by atoms with van der Waals surface area (Å²) in [5, 5.41) is 0. The highest BCUT2D eigenvalue weighted by Gasteiger charge is 2.21. The quantitative estimate of drug-likeness (QED) is 0.840. The lowest BCUT2D eigenvalue weighted by Crippen LogP contribution is -2.41. The maximum Gasteiger partial charge on any atom is 0.0452 e. The van der Waals surface area contributed by atoms with E-state index in [9.17, 15) is 0 Å². The maximum absolute atomic E-state index is 6.48. The molecule has 0 aliphatic heterocycles. The molecule has 0 amide bonds. The summed E-state index contributed by atoms with van der Waals surface area (Å²) in [7, 11) is 2.18. The van der Waals surface area contributed by atoms with Gasteiger partial charge >= 0.3 is 0 Å². The van der Waals surface area contributed by atoms with Crippen molar-refractivity contribution in [3.8, 4) is 0 Å². The molecule has 2 heteroatoms. The summed E-state index contributed by atoms with van der Waals surface area (Å²) >= 11 is 0. The van der Waals surface area contributed by atoms with E-state index in [-0.39, 0.29) is 6.04 Å². The van der Waals surface area contributed by atoms with Gasteiger partial charge in [0.1, 0.15) is 0 Å². The van der Waals surface area contributed by atoms with Gasteiger partial charge in [0.15, 0.2) is 0 Å². The van der Waals surface area contributed by atoms with E-state index in [1.165, 1.54) is 11.1 Å².